The number of hydrogen-bond donors (Lipinski definition) is 1. The van der Waals surface area contributed by atoms with Crippen LogP contribution in [-0.2, 0) is 0 Å². The molecule has 0 aromatic carbocycles. The van der Waals surface area contributed by atoms with Gasteiger partial charge in [0.1, 0.15) is 6.20 Å². The fraction of sp³-hybridized carbons (Fsp3) is 0. The topological polar surface area (TPSA) is 36.8 Å². The monoisotopic (exact) mass is 93.0 g/mol. The lowest BCUT2D eigenvalue weighted by atomic mass is 10.6. The Morgan fingerprint density at radius 1 is 1.57 bits per heavy atom. The molecule has 0 aromatic rings. The third-order valence-electron chi connectivity index (χ3n) is 0.463. The van der Waals surface area contributed by atoms with Crippen LogP contribution in [-0.4, -0.2) is 0 Å². The van der Waals surface area contributed by atoms with Gasteiger partial charge in [-0.05, 0) is 6.08 Å². The quantitative estimate of drug-likeness (QED) is 0.467. The van der Waals surface area contributed by atoms with E-state index < -0.39 is 0 Å². The Kier molecular flexibility index (Phi) is 1.23. The molecule has 7 heavy (non-hydrogen) atoms. The van der Waals surface area contributed by atoms with Gasteiger partial charge in [-0.1, -0.05) is 5.22 Å². The molecule has 0 saturated heterocycles. The summed E-state index contributed by atoms with van der Waals surface area (Å²) in [7, 11) is 0. The molecule has 0 amide bonds. The minimum absolute atomic E-state index is 1.61. The molecular weight excluding hydrogens is 90.1 g/mol. The molecule has 1 rings (SSSR count). The molecule has 0 aromatic heterocycles. The van der Waals surface area contributed by atoms with Gasteiger partial charge >= 0.3 is 0 Å². The Morgan fingerprint density at radius 3 is 3.57 bits per heavy atom. The molecule has 0 saturated carbocycles. The standard InChI is InChI=1S/C4H3N3/c1-2-4-6-7-5-3-1/h1,3H,(H,5,6). The minimum atomic E-state index is 1.61. The summed E-state index contributed by atoms with van der Waals surface area (Å²) in [5.41, 5.74) is 2.50. The zero-order valence-corrected chi connectivity index (χ0v) is 3.55. The van der Waals surface area contributed by atoms with E-state index in [1.807, 2.05) is 0 Å². The molecule has 1 aliphatic rings. The molecule has 0 bridgehead atoms. The molecule has 2 radical (unpaired) electrons. The van der Waals surface area contributed by atoms with Crippen molar-refractivity contribution in [3.8, 4) is 0 Å². The Morgan fingerprint density at radius 2 is 2.57 bits per heavy atom. The van der Waals surface area contributed by atoms with E-state index in [4.69, 9.17) is 0 Å². The molecule has 1 N–H and O–H groups in total. The Bertz CT molecular complexity index is 109. The molecule has 0 unspecified atom stereocenters. The first-order valence-corrected chi connectivity index (χ1v) is 1.81. The van der Waals surface area contributed by atoms with Crippen molar-refractivity contribution in [3.05, 3.63) is 24.6 Å². The van der Waals surface area contributed by atoms with Gasteiger partial charge in [0.15, 0.2) is 0 Å². The van der Waals surface area contributed by atoms with Crippen LogP contribution in [0.2, 0.25) is 0 Å². The van der Waals surface area contributed by atoms with Gasteiger partial charge in [0.05, 0.1) is 0 Å². The number of nitrogens with one attached hydrogen (secondary N) is 1. The highest BCUT2D eigenvalue weighted by Gasteiger charge is 1.71. The average molecular weight is 93.1 g/mol. The Balaban J connectivity index is 2.60. The van der Waals surface area contributed by atoms with Crippen molar-refractivity contribution in [1.82, 2.24) is 5.43 Å². The highest BCUT2D eigenvalue weighted by Crippen LogP contribution is 1.79. The summed E-state index contributed by atoms with van der Waals surface area (Å²) in [6.45, 7) is 0. The van der Waals surface area contributed by atoms with Crippen LogP contribution >= 0.6 is 0 Å². The maximum atomic E-state index is 3.39. The lowest BCUT2D eigenvalue weighted by Crippen LogP contribution is -1.86. The molecular formula is C4H3N3. The van der Waals surface area contributed by atoms with Gasteiger partial charge in [-0.25, -0.2) is 0 Å². The number of rotatable bonds is 0. The summed E-state index contributed by atoms with van der Waals surface area (Å²) >= 11 is 0. The van der Waals surface area contributed by atoms with Crippen LogP contribution in [0, 0.1) is 12.3 Å². The van der Waals surface area contributed by atoms with Crippen LogP contribution in [0.25, 0.3) is 0 Å². The van der Waals surface area contributed by atoms with Crippen molar-refractivity contribution in [2.75, 3.05) is 0 Å². The van der Waals surface area contributed by atoms with Gasteiger partial charge in [0.25, 0.3) is 0 Å². The van der Waals surface area contributed by atoms with Crippen molar-refractivity contribution in [2.24, 2.45) is 10.3 Å². The SMILES string of the molecule is [C]1=[C]N=NNC=C1. The fourth-order valence-electron chi connectivity index (χ4n) is 0.232. The van der Waals surface area contributed by atoms with Crippen molar-refractivity contribution >= 4 is 0 Å². The van der Waals surface area contributed by atoms with E-state index >= 15 is 0 Å². The summed E-state index contributed by atoms with van der Waals surface area (Å²) in [5, 5.41) is 6.75. The molecule has 1 heterocycles. The zero-order chi connectivity index (χ0) is 4.95. The first kappa shape index (κ1) is 4.05. The summed E-state index contributed by atoms with van der Waals surface area (Å²) < 4.78 is 0. The molecule has 0 fully saturated rings. The second-order valence-electron chi connectivity index (χ2n) is 0.919. The predicted molar refractivity (Wildman–Crippen MR) is 23.6 cm³/mol. The molecule has 0 atom stereocenters. The van der Waals surface area contributed by atoms with E-state index in [0.29, 0.717) is 0 Å². The molecule has 1 aliphatic heterocycles. The van der Waals surface area contributed by atoms with Crippen molar-refractivity contribution < 1.29 is 0 Å². The summed E-state index contributed by atoms with van der Waals surface area (Å²) in [6, 6.07) is 0. The van der Waals surface area contributed by atoms with Gasteiger partial charge in [0.2, 0.25) is 0 Å². The van der Waals surface area contributed by atoms with Crippen LogP contribution in [0.3, 0.4) is 0 Å². The van der Waals surface area contributed by atoms with Crippen LogP contribution in [0.15, 0.2) is 22.6 Å². The fourth-order valence-corrected chi connectivity index (χ4v) is 0.232. The Hall–Kier alpha value is -1.12. The molecule has 0 aliphatic carbocycles. The van der Waals surface area contributed by atoms with Crippen LogP contribution in [0.5, 0.6) is 0 Å². The Labute approximate surface area is 41.4 Å². The third-order valence-corrected chi connectivity index (χ3v) is 0.463. The molecule has 3 heteroatoms. The summed E-state index contributed by atoms with van der Waals surface area (Å²) in [4.78, 5) is 0. The lowest BCUT2D eigenvalue weighted by molar-refractivity contribution is 0.870. The van der Waals surface area contributed by atoms with Gasteiger partial charge in [-0.15, -0.1) is 5.11 Å². The van der Waals surface area contributed by atoms with E-state index in [9.17, 15) is 0 Å². The minimum Gasteiger partial charge on any atom is -0.267 e. The van der Waals surface area contributed by atoms with E-state index in [1.54, 1.807) is 12.3 Å². The van der Waals surface area contributed by atoms with E-state index in [-0.39, 0.29) is 0 Å². The van der Waals surface area contributed by atoms with Gasteiger partial charge < -0.3 is 0 Å². The normalized spacial score (nSPS) is 16.0. The summed E-state index contributed by atoms with van der Waals surface area (Å²) in [5.74, 6) is 0. The van der Waals surface area contributed by atoms with E-state index in [2.05, 4.69) is 28.0 Å². The number of nitrogens with zero attached hydrogens (tertiary/aromatic N) is 2. The van der Waals surface area contributed by atoms with Crippen molar-refractivity contribution in [1.29, 1.82) is 0 Å². The van der Waals surface area contributed by atoms with Crippen molar-refractivity contribution in [3.63, 3.8) is 0 Å². The van der Waals surface area contributed by atoms with Crippen molar-refractivity contribution in [2.45, 2.75) is 0 Å². The largest absolute Gasteiger partial charge is 0.267 e. The van der Waals surface area contributed by atoms with Crippen LogP contribution in [0.4, 0.5) is 0 Å². The van der Waals surface area contributed by atoms with Crippen LogP contribution < -0.4 is 5.43 Å². The first-order chi connectivity index (χ1) is 3.50. The maximum absolute atomic E-state index is 3.39. The predicted octanol–water partition coefficient (Wildman–Crippen LogP) is 0.591. The molecule has 34 valence electrons. The lowest BCUT2D eigenvalue weighted by Gasteiger charge is -1.76. The summed E-state index contributed by atoms with van der Waals surface area (Å²) in [6.07, 6.45) is 8.25. The van der Waals surface area contributed by atoms with Gasteiger partial charge in [-0.3, -0.25) is 5.43 Å². The maximum Gasteiger partial charge on any atom is 0.124 e. The highest BCUT2D eigenvalue weighted by molar-refractivity contribution is 4.90. The molecule has 0 spiro atoms. The molecule has 3 nitrogen and oxygen atoms in total. The highest BCUT2D eigenvalue weighted by atomic mass is 15.4. The number of allylic oxidation sites excluding steroid dienone is 2. The van der Waals surface area contributed by atoms with Crippen LogP contribution in [0.1, 0.15) is 0 Å². The third kappa shape index (κ3) is 1.17. The van der Waals surface area contributed by atoms with E-state index in [1.165, 1.54) is 0 Å². The smallest absolute Gasteiger partial charge is 0.124 e. The second-order valence-corrected chi connectivity index (χ2v) is 0.919. The van der Waals surface area contributed by atoms with Gasteiger partial charge in [0, 0.05) is 12.3 Å². The second kappa shape index (κ2) is 2.12. The van der Waals surface area contributed by atoms with E-state index in [0.717, 1.165) is 0 Å². The van der Waals surface area contributed by atoms with Gasteiger partial charge in [-0.2, -0.15) is 0 Å². The first-order valence-electron chi connectivity index (χ1n) is 1.81. The average Bonchev–Trinajstić information content (AvgIpc) is 1.90. The number of hydrogen-bond acceptors (Lipinski definition) is 3. The zero-order valence-electron chi connectivity index (χ0n) is 3.55.